The molecule has 1 saturated heterocycles. The SMILES string of the molecule is COc1ccccc1CN1CCC(C(=O)c2ccc3c(c2)OCCO3)CC1. The molecular weight excluding hydrogens is 342 g/mol. The molecule has 0 spiro atoms. The Morgan fingerprint density at radius 1 is 1.07 bits per heavy atom. The molecule has 0 radical (unpaired) electrons. The minimum absolute atomic E-state index is 0.0708. The number of ether oxygens (including phenoxy) is 3. The van der Waals surface area contributed by atoms with Crippen molar-refractivity contribution in [2.45, 2.75) is 19.4 Å². The summed E-state index contributed by atoms with van der Waals surface area (Å²) >= 11 is 0. The number of ketones is 1. The lowest BCUT2D eigenvalue weighted by Gasteiger charge is -2.31. The number of hydrogen-bond donors (Lipinski definition) is 0. The molecule has 142 valence electrons. The number of likely N-dealkylation sites (tertiary alicyclic amines) is 1. The van der Waals surface area contributed by atoms with Gasteiger partial charge in [-0.05, 0) is 50.2 Å². The van der Waals surface area contributed by atoms with E-state index in [1.54, 1.807) is 7.11 Å². The molecule has 5 nitrogen and oxygen atoms in total. The topological polar surface area (TPSA) is 48.0 Å². The first-order valence-corrected chi connectivity index (χ1v) is 9.52. The normalized spacial score (nSPS) is 17.5. The van der Waals surface area contributed by atoms with Crippen LogP contribution in [0.2, 0.25) is 0 Å². The van der Waals surface area contributed by atoms with E-state index in [0.717, 1.165) is 49.5 Å². The van der Waals surface area contributed by atoms with Crippen LogP contribution in [-0.4, -0.2) is 44.1 Å². The van der Waals surface area contributed by atoms with Crippen molar-refractivity contribution in [3.05, 3.63) is 53.6 Å². The van der Waals surface area contributed by atoms with Gasteiger partial charge >= 0.3 is 0 Å². The molecule has 2 aliphatic rings. The van der Waals surface area contributed by atoms with Gasteiger partial charge in [-0.1, -0.05) is 18.2 Å². The van der Waals surface area contributed by atoms with Gasteiger partial charge in [0.05, 0.1) is 7.11 Å². The maximum atomic E-state index is 12.9. The standard InChI is InChI=1S/C22H25NO4/c1-25-19-5-3-2-4-18(19)15-23-10-8-16(9-11-23)22(24)17-6-7-20-21(14-17)27-13-12-26-20/h2-7,14,16H,8-13,15H2,1H3. The number of methoxy groups -OCH3 is 1. The number of benzene rings is 2. The number of rotatable bonds is 5. The van der Waals surface area contributed by atoms with Crippen molar-refractivity contribution >= 4 is 5.78 Å². The lowest BCUT2D eigenvalue weighted by molar-refractivity contribution is 0.0833. The smallest absolute Gasteiger partial charge is 0.166 e. The van der Waals surface area contributed by atoms with Gasteiger partial charge in [0.1, 0.15) is 19.0 Å². The van der Waals surface area contributed by atoms with Crippen molar-refractivity contribution in [1.82, 2.24) is 4.90 Å². The number of carbonyl (C=O) groups is 1. The van der Waals surface area contributed by atoms with Crippen molar-refractivity contribution in [3.63, 3.8) is 0 Å². The summed E-state index contributed by atoms with van der Waals surface area (Å²) in [7, 11) is 1.71. The summed E-state index contributed by atoms with van der Waals surface area (Å²) in [6.07, 6.45) is 1.75. The van der Waals surface area contributed by atoms with Crippen LogP contribution in [0.15, 0.2) is 42.5 Å². The van der Waals surface area contributed by atoms with Crippen LogP contribution in [0, 0.1) is 5.92 Å². The monoisotopic (exact) mass is 367 g/mol. The number of para-hydroxylation sites is 1. The van der Waals surface area contributed by atoms with Gasteiger partial charge in [-0.15, -0.1) is 0 Å². The second-order valence-corrected chi connectivity index (χ2v) is 7.08. The molecule has 0 saturated carbocycles. The summed E-state index contributed by atoms with van der Waals surface area (Å²) in [5, 5.41) is 0. The molecule has 1 fully saturated rings. The number of piperidine rings is 1. The van der Waals surface area contributed by atoms with Crippen LogP contribution in [0.4, 0.5) is 0 Å². The van der Waals surface area contributed by atoms with Gasteiger partial charge in [0.25, 0.3) is 0 Å². The second kappa shape index (κ2) is 8.01. The maximum absolute atomic E-state index is 12.9. The minimum Gasteiger partial charge on any atom is -0.496 e. The average Bonchev–Trinajstić information content (AvgIpc) is 2.74. The van der Waals surface area contributed by atoms with Crippen molar-refractivity contribution in [2.75, 3.05) is 33.4 Å². The van der Waals surface area contributed by atoms with Crippen molar-refractivity contribution in [2.24, 2.45) is 5.92 Å². The second-order valence-electron chi connectivity index (χ2n) is 7.08. The van der Waals surface area contributed by atoms with Gasteiger partial charge in [-0.25, -0.2) is 0 Å². The van der Waals surface area contributed by atoms with E-state index in [2.05, 4.69) is 11.0 Å². The zero-order valence-corrected chi connectivity index (χ0v) is 15.6. The third kappa shape index (κ3) is 3.93. The van der Waals surface area contributed by atoms with Crippen molar-refractivity contribution in [1.29, 1.82) is 0 Å². The van der Waals surface area contributed by atoms with Crippen LogP contribution >= 0.6 is 0 Å². The molecule has 2 aliphatic heterocycles. The Bertz CT molecular complexity index is 812. The van der Waals surface area contributed by atoms with E-state index in [1.165, 1.54) is 5.56 Å². The van der Waals surface area contributed by atoms with E-state index in [0.29, 0.717) is 19.0 Å². The van der Waals surface area contributed by atoms with E-state index in [9.17, 15) is 4.79 Å². The first-order chi connectivity index (χ1) is 13.2. The van der Waals surface area contributed by atoms with Gasteiger partial charge < -0.3 is 14.2 Å². The molecule has 0 bridgehead atoms. The Morgan fingerprint density at radius 2 is 1.81 bits per heavy atom. The largest absolute Gasteiger partial charge is 0.496 e. The number of hydrogen-bond acceptors (Lipinski definition) is 5. The Morgan fingerprint density at radius 3 is 2.59 bits per heavy atom. The quantitative estimate of drug-likeness (QED) is 0.756. The van der Waals surface area contributed by atoms with E-state index in [1.807, 2.05) is 36.4 Å². The van der Waals surface area contributed by atoms with Gasteiger partial charge in [-0.3, -0.25) is 9.69 Å². The summed E-state index contributed by atoms with van der Waals surface area (Å²) in [6.45, 7) is 3.78. The van der Waals surface area contributed by atoms with Crippen LogP contribution in [0.1, 0.15) is 28.8 Å². The van der Waals surface area contributed by atoms with E-state index >= 15 is 0 Å². The van der Waals surface area contributed by atoms with E-state index < -0.39 is 0 Å². The van der Waals surface area contributed by atoms with Gasteiger partial charge in [0.2, 0.25) is 0 Å². The summed E-state index contributed by atoms with van der Waals surface area (Å²) in [4.78, 5) is 15.3. The van der Waals surface area contributed by atoms with Crippen molar-refractivity contribution in [3.8, 4) is 17.2 Å². The predicted octanol–water partition coefficient (Wildman–Crippen LogP) is 3.56. The number of nitrogens with zero attached hydrogens (tertiary/aromatic N) is 1. The lowest BCUT2D eigenvalue weighted by atomic mass is 9.88. The molecule has 0 aliphatic carbocycles. The highest BCUT2D eigenvalue weighted by atomic mass is 16.6. The van der Waals surface area contributed by atoms with Crippen LogP contribution in [0.5, 0.6) is 17.2 Å². The third-order valence-electron chi connectivity index (χ3n) is 5.37. The molecule has 0 amide bonds. The number of carbonyl (C=O) groups excluding carboxylic acids is 1. The zero-order valence-electron chi connectivity index (χ0n) is 15.6. The summed E-state index contributed by atoms with van der Waals surface area (Å²) < 4.78 is 16.6. The Labute approximate surface area is 159 Å². The fourth-order valence-corrected chi connectivity index (χ4v) is 3.86. The molecule has 0 aromatic heterocycles. The summed E-state index contributed by atoms with van der Waals surface area (Å²) in [5.74, 6) is 2.61. The van der Waals surface area contributed by atoms with Gasteiger partial charge in [0, 0.05) is 23.6 Å². The minimum atomic E-state index is 0.0708. The molecular formula is C22H25NO4. The van der Waals surface area contributed by atoms with E-state index in [4.69, 9.17) is 14.2 Å². The summed E-state index contributed by atoms with van der Waals surface area (Å²) in [6, 6.07) is 13.7. The number of fused-ring (bicyclic) bond motifs is 1. The molecule has 2 aromatic rings. The molecule has 0 atom stereocenters. The van der Waals surface area contributed by atoms with Crippen molar-refractivity contribution < 1.29 is 19.0 Å². The molecule has 0 unspecified atom stereocenters. The highest BCUT2D eigenvalue weighted by molar-refractivity contribution is 5.98. The van der Waals surface area contributed by atoms with Crippen LogP contribution in [0.3, 0.4) is 0 Å². The third-order valence-corrected chi connectivity index (χ3v) is 5.37. The Hall–Kier alpha value is -2.53. The predicted molar refractivity (Wildman–Crippen MR) is 103 cm³/mol. The van der Waals surface area contributed by atoms with Gasteiger partial charge in [0.15, 0.2) is 17.3 Å². The highest BCUT2D eigenvalue weighted by Gasteiger charge is 2.27. The van der Waals surface area contributed by atoms with Crippen LogP contribution in [-0.2, 0) is 6.54 Å². The maximum Gasteiger partial charge on any atom is 0.166 e. The molecule has 5 heteroatoms. The van der Waals surface area contributed by atoms with Crippen LogP contribution in [0.25, 0.3) is 0 Å². The fourth-order valence-electron chi connectivity index (χ4n) is 3.86. The Kier molecular flexibility index (Phi) is 5.30. The zero-order chi connectivity index (χ0) is 18.6. The Balaban J connectivity index is 1.37. The first kappa shape index (κ1) is 17.9. The highest BCUT2D eigenvalue weighted by Crippen LogP contribution is 2.33. The molecule has 2 aromatic carbocycles. The first-order valence-electron chi connectivity index (χ1n) is 9.52. The van der Waals surface area contributed by atoms with E-state index in [-0.39, 0.29) is 11.7 Å². The molecule has 0 N–H and O–H groups in total. The average molecular weight is 367 g/mol. The number of Topliss-reactive ketones (excluding diaryl/α,β-unsaturated/α-hetero) is 1. The molecule has 4 rings (SSSR count). The fraction of sp³-hybridized carbons (Fsp3) is 0.409. The lowest BCUT2D eigenvalue weighted by Crippen LogP contribution is -2.36. The molecule has 2 heterocycles. The summed E-state index contributed by atoms with van der Waals surface area (Å²) in [5.41, 5.74) is 1.92. The van der Waals surface area contributed by atoms with Gasteiger partial charge in [-0.2, -0.15) is 0 Å². The van der Waals surface area contributed by atoms with Crippen LogP contribution < -0.4 is 14.2 Å². The molecule has 27 heavy (non-hydrogen) atoms.